The SMILES string of the molecule is O=C1CN(C(=O)CCc2csc(NC(=O)c3ccc(=O)[nH]c3)n2)CCN1. The number of hydrogen-bond donors (Lipinski definition) is 3. The van der Waals surface area contributed by atoms with Crippen molar-refractivity contribution in [1.82, 2.24) is 20.2 Å². The molecule has 0 bridgehead atoms. The number of aromatic nitrogens is 2. The van der Waals surface area contributed by atoms with Gasteiger partial charge in [0.05, 0.1) is 17.8 Å². The maximum absolute atomic E-state index is 12.1. The average molecular weight is 375 g/mol. The van der Waals surface area contributed by atoms with E-state index in [0.29, 0.717) is 35.9 Å². The highest BCUT2D eigenvalue weighted by Crippen LogP contribution is 2.17. The number of aromatic amines is 1. The zero-order valence-electron chi connectivity index (χ0n) is 13.8. The lowest BCUT2D eigenvalue weighted by Gasteiger charge is -2.26. The Bertz CT molecular complexity index is 870. The van der Waals surface area contributed by atoms with E-state index in [9.17, 15) is 19.2 Å². The number of H-pyrrole nitrogens is 1. The number of thiazole rings is 1. The fraction of sp³-hybridized carbons (Fsp3) is 0.312. The monoisotopic (exact) mass is 375 g/mol. The topological polar surface area (TPSA) is 124 Å². The summed E-state index contributed by atoms with van der Waals surface area (Å²) in [6, 6.07) is 2.70. The Morgan fingerprint density at radius 1 is 1.31 bits per heavy atom. The molecule has 1 fully saturated rings. The van der Waals surface area contributed by atoms with Gasteiger partial charge in [0.15, 0.2) is 5.13 Å². The number of piperazine rings is 1. The van der Waals surface area contributed by atoms with Gasteiger partial charge in [-0.2, -0.15) is 0 Å². The second-order valence-electron chi connectivity index (χ2n) is 5.70. The Morgan fingerprint density at radius 3 is 2.88 bits per heavy atom. The Morgan fingerprint density at radius 2 is 2.15 bits per heavy atom. The maximum Gasteiger partial charge on any atom is 0.258 e. The zero-order chi connectivity index (χ0) is 18.5. The van der Waals surface area contributed by atoms with Gasteiger partial charge >= 0.3 is 0 Å². The van der Waals surface area contributed by atoms with Gasteiger partial charge in [-0.25, -0.2) is 4.98 Å². The van der Waals surface area contributed by atoms with Crippen LogP contribution in [-0.2, 0) is 16.0 Å². The first-order valence-corrected chi connectivity index (χ1v) is 8.88. The molecule has 3 rings (SSSR count). The number of nitrogens with zero attached hydrogens (tertiary/aromatic N) is 2. The fourth-order valence-corrected chi connectivity index (χ4v) is 3.18. The summed E-state index contributed by atoms with van der Waals surface area (Å²) in [7, 11) is 0. The second kappa shape index (κ2) is 7.91. The van der Waals surface area contributed by atoms with Crippen molar-refractivity contribution in [2.75, 3.05) is 25.0 Å². The number of carbonyl (C=O) groups excluding carboxylic acids is 3. The van der Waals surface area contributed by atoms with Crippen molar-refractivity contribution in [2.24, 2.45) is 0 Å². The van der Waals surface area contributed by atoms with Crippen molar-refractivity contribution in [3.8, 4) is 0 Å². The van der Waals surface area contributed by atoms with Crippen LogP contribution in [0.1, 0.15) is 22.5 Å². The molecule has 0 atom stereocenters. The van der Waals surface area contributed by atoms with Crippen molar-refractivity contribution in [3.05, 3.63) is 45.3 Å². The largest absolute Gasteiger partial charge is 0.353 e. The second-order valence-corrected chi connectivity index (χ2v) is 6.56. The Kier molecular flexibility index (Phi) is 5.42. The standard InChI is InChI=1S/C16H17N5O4S/c22-12-3-1-10(7-18-12)15(25)20-16-19-11(9-26-16)2-4-14(24)21-6-5-17-13(23)8-21/h1,3,7,9H,2,4-6,8H2,(H,17,23)(H,18,22)(H,19,20,25). The minimum Gasteiger partial charge on any atom is -0.353 e. The van der Waals surface area contributed by atoms with Gasteiger partial charge in [-0.15, -0.1) is 11.3 Å². The number of amides is 3. The highest BCUT2D eigenvalue weighted by molar-refractivity contribution is 7.14. The number of hydrogen-bond acceptors (Lipinski definition) is 6. The van der Waals surface area contributed by atoms with Gasteiger partial charge in [-0.05, 0) is 12.5 Å². The van der Waals surface area contributed by atoms with Crippen LogP contribution < -0.4 is 16.2 Å². The molecule has 10 heteroatoms. The first-order chi connectivity index (χ1) is 12.5. The molecule has 136 valence electrons. The van der Waals surface area contributed by atoms with Crippen LogP contribution in [0.4, 0.5) is 5.13 Å². The van der Waals surface area contributed by atoms with Crippen LogP contribution in [-0.4, -0.2) is 52.2 Å². The Hall–Kier alpha value is -3.01. The molecule has 0 aliphatic carbocycles. The van der Waals surface area contributed by atoms with Gasteiger partial charge in [0.25, 0.3) is 5.91 Å². The predicted octanol–water partition coefficient (Wildman–Crippen LogP) is -0.0253. The first kappa shape index (κ1) is 17.8. The Labute approximate surface area is 152 Å². The lowest BCUT2D eigenvalue weighted by atomic mass is 10.2. The maximum atomic E-state index is 12.1. The normalized spacial score (nSPS) is 14.0. The molecule has 3 amide bonds. The number of nitrogens with one attached hydrogen (secondary N) is 3. The van der Waals surface area contributed by atoms with Crippen LogP contribution in [0.25, 0.3) is 0 Å². The van der Waals surface area contributed by atoms with E-state index in [4.69, 9.17) is 0 Å². The quantitative estimate of drug-likeness (QED) is 0.677. The summed E-state index contributed by atoms with van der Waals surface area (Å²) in [4.78, 5) is 54.8. The van der Waals surface area contributed by atoms with E-state index in [1.165, 1.54) is 34.6 Å². The van der Waals surface area contributed by atoms with E-state index < -0.39 is 0 Å². The van der Waals surface area contributed by atoms with Crippen LogP contribution in [0.2, 0.25) is 0 Å². The van der Waals surface area contributed by atoms with Crippen LogP contribution in [0, 0.1) is 0 Å². The molecule has 0 saturated carbocycles. The van der Waals surface area contributed by atoms with Crippen LogP contribution in [0.5, 0.6) is 0 Å². The first-order valence-electron chi connectivity index (χ1n) is 8.00. The number of rotatable bonds is 5. The number of aryl methyl sites for hydroxylation is 1. The molecule has 1 aliphatic heterocycles. The van der Waals surface area contributed by atoms with Crippen LogP contribution in [0.3, 0.4) is 0 Å². The molecule has 1 saturated heterocycles. The molecular formula is C16H17N5O4S. The predicted molar refractivity (Wildman–Crippen MR) is 95.0 cm³/mol. The summed E-state index contributed by atoms with van der Waals surface area (Å²) in [5.41, 5.74) is 0.732. The minimum absolute atomic E-state index is 0.0910. The number of anilines is 1. The number of pyridine rings is 1. The fourth-order valence-electron chi connectivity index (χ4n) is 2.44. The van der Waals surface area contributed by atoms with Gasteiger partial charge < -0.3 is 15.2 Å². The molecule has 2 aromatic heterocycles. The number of carbonyl (C=O) groups is 3. The van der Waals surface area contributed by atoms with E-state index in [2.05, 4.69) is 20.6 Å². The molecule has 2 aromatic rings. The van der Waals surface area contributed by atoms with E-state index in [1.54, 1.807) is 5.38 Å². The highest BCUT2D eigenvalue weighted by Gasteiger charge is 2.21. The Balaban J connectivity index is 1.52. The van der Waals surface area contributed by atoms with E-state index in [0.717, 1.165) is 0 Å². The summed E-state index contributed by atoms with van der Waals surface area (Å²) in [5, 5.41) is 7.52. The summed E-state index contributed by atoms with van der Waals surface area (Å²) in [6.45, 7) is 1.08. The van der Waals surface area contributed by atoms with Crippen LogP contribution >= 0.6 is 11.3 Å². The molecule has 0 radical (unpaired) electrons. The molecule has 0 aromatic carbocycles. The van der Waals surface area contributed by atoms with Crippen molar-refractivity contribution in [3.63, 3.8) is 0 Å². The molecule has 26 heavy (non-hydrogen) atoms. The van der Waals surface area contributed by atoms with Gasteiger partial charge in [0, 0.05) is 37.2 Å². The summed E-state index contributed by atoms with van der Waals surface area (Å²) >= 11 is 1.26. The van der Waals surface area contributed by atoms with Crippen LogP contribution in [0.15, 0.2) is 28.5 Å². The van der Waals surface area contributed by atoms with E-state index in [-0.39, 0.29) is 36.2 Å². The molecule has 0 spiro atoms. The van der Waals surface area contributed by atoms with Gasteiger partial charge in [0.1, 0.15) is 0 Å². The van der Waals surface area contributed by atoms with Crippen molar-refractivity contribution < 1.29 is 14.4 Å². The van der Waals surface area contributed by atoms with E-state index >= 15 is 0 Å². The highest BCUT2D eigenvalue weighted by atomic mass is 32.1. The van der Waals surface area contributed by atoms with Gasteiger partial charge in [-0.1, -0.05) is 0 Å². The summed E-state index contributed by atoms with van der Waals surface area (Å²) in [6.07, 6.45) is 2.02. The van der Waals surface area contributed by atoms with Crippen molar-refractivity contribution in [1.29, 1.82) is 0 Å². The molecular weight excluding hydrogens is 358 g/mol. The smallest absolute Gasteiger partial charge is 0.258 e. The zero-order valence-corrected chi connectivity index (χ0v) is 14.6. The molecule has 1 aliphatic rings. The minimum atomic E-state index is -0.377. The van der Waals surface area contributed by atoms with Gasteiger partial charge in [0.2, 0.25) is 17.4 Å². The van der Waals surface area contributed by atoms with Gasteiger partial charge in [-0.3, -0.25) is 24.5 Å². The molecule has 3 heterocycles. The van der Waals surface area contributed by atoms with Crippen molar-refractivity contribution in [2.45, 2.75) is 12.8 Å². The van der Waals surface area contributed by atoms with Crippen molar-refractivity contribution >= 4 is 34.2 Å². The molecule has 3 N–H and O–H groups in total. The summed E-state index contributed by atoms with van der Waals surface area (Å²) < 4.78 is 0. The lowest BCUT2D eigenvalue weighted by molar-refractivity contribution is -0.138. The van der Waals surface area contributed by atoms with E-state index in [1.807, 2.05) is 0 Å². The molecule has 9 nitrogen and oxygen atoms in total. The third-order valence-electron chi connectivity index (χ3n) is 3.80. The average Bonchev–Trinajstić information content (AvgIpc) is 3.07. The third-order valence-corrected chi connectivity index (χ3v) is 4.61. The lowest BCUT2D eigenvalue weighted by Crippen LogP contribution is -2.50. The molecule has 0 unspecified atom stereocenters. The summed E-state index contributed by atoms with van der Waals surface area (Å²) in [5.74, 6) is -0.616. The third kappa shape index (κ3) is 4.54.